The van der Waals surface area contributed by atoms with Crippen molar-refractivity contribution >= 4 is 0 Å². The van der Waals surface area contributed by atoms with Crippen LogP contribution in [-0.4, -0.2) is 0 Å². The Labute approximate surface area is 124 Å². The first-order chi connectivity index (χ1) is 10.3. The molecule has 1 unspecified atom stereocenters. The van der Waals surface area contributed by atoms with Gasteiger partial charge in [0.25, 0.3) is 0 Å². The second-order valence-electron chi connectivity index (χ2n) is 4.96. The highest BCUT2D eigenvalue weighted by molar-refractivity contribution is 5.28. The quantitative estimate of drug-likeness (QED) is 0.797. The van der Waals surface area contributed by atoms with Crippen molar-refractivity contribution in [1.29, 1.82) is 0 Å². The molecule has 0 bridgehead atoms. The SMILES string of the molecule is CC(NCc1cc(F)ccc1F)c1cccc(C(F)(F)F)c1. The monoisotopic (exact) mass is 315 g/mol. The van der Waals surface area contributed by atoms with E-state index >= 15 is 0 Å². The zero-order valence-electron chi connectivity index (χ0n) is 11.7. The topological polar surface area (TPSA) is 12.0 Å². The van der Waals surface area contributed by atoms with Crippen LogP contribution in [0.3, 0.4) is 0 Å². The minimum atomic E-state index is -4.41. The fraction of sp³-hybridized carbons (Fsp3) is 0.250. The lowest BCUT2D eigenvalue weighted by Gasteiger charge is -2.16. The van der Waals surface area contributed by atoms with E-state index in [2.05, 4.69) is 5.32 Å². The van der Waals surface area contributed by atoms with Crippen molar-refractivity contribution in [1.82, 2.24) is 5.32 Å². The molecule has 6 heteroatoms. The Kier molecular flexibility index (Phi) is 4.81. The predicted octanol–water partition coefficient (Wildman–Crippen LogP) is 4.83. The zero-order valence-corrected chi connectivity index (χ0v) is 11.7. The molecule has 0 saturated heterocycles. The van der Waals surface area contributed by atoms with Gasteiger partial charge in [-0.05, 0) is 42.8 Å². The Balaban J connectivity index is 2.09. The van der Waals surface area contributed by atoms with Gasteiger partial charge in [-0.1, -0.05) is 12.1 Å². The highest BCUT2D eigenvalue weighted by Gasteiger charge is 2.30. The molecule has 1 nitrogen and oxygen atoms in total. The van der Waals surface area contributed by atoms with Gasteiger partial charge in [-0.15, -0.1) is 0 Å². The van der Waals surface area contributed by atoms with Crippen molar-refractivity contribution in [3.8, 4) is 0 Å². The number of halogens is 5. The highest BCUT2D eigenvalue weighted by Crippen LogP contribution is 2.30. The Morgan fingerprint density at radius 1 is 1.05 bits per heavy atom. The van der Waals surface area contributed by atoms with E-state index < -0.39 is 29.4 Å². The van der Waals surface area contributed by atoms with Gasteiger partial charge in [-0.2, -0.15) is 13.2 Å². The molecule has 1 N–H and O–H groups in total. The maximum atomic E-state index is 13.5. The van der Waals surface area contributed by atoms with Crippen molar-refractivity contribution in [2.75, 3.05) is 0 Å². The molecule has 0 saturated carbocycles. The molecule has 0 aliphatic heterocycles. The van der Waals surface area contributed by atoms with Crippen LogP contribution in [0.4, 0.5) is 22.0 Å². The Morgan fingerprint density at radius 3 is 2.45 bits per heavy atom. The van der Waals surface area contributed by atoms with Gasteiger partial charge in [0.2, 0.25) is 0 Å². The molecule has 2 aromatic rings. The van der Waals surface area contributed by atoms with E-state index in [0.29, 0.717) is 5.56 Å². The third-order valence-corrected chi connectivity index (χ3v) is 3.32. The largest absolute Gasteiger partial charge is 0.416 e. The molecule has 0 aliphatic rings. The normalized spacial score (nSPS) is 13.2. The first-order valence-corrected chi connectivity index (χ1v) is 6.62. The Morgan fingerprint density at radius 2 is 1.77 bits per heavy atom. The summed E-state index contributed by atoms with van der Waals surface area (Å²) < 4.78 is 64.5. The molecule has 118 valence electrons. The minimum absolute atomic E-state index is 0.0149. The lowest BCUT2D eigenvalue weighted by Crippen LogP contribution is -2.19. The smallest absolute Gasteiger partial charge is 0.306 e. The van der Waals surface area contributed by atoms with E-state index in [1.165, 1.54) is 6.07 Å². The molecule has 22 heavy (non-hydrogen) atoms. The fourth-order valence-corrected chi connectivity index (χ4v) is 2.04. The molecule has 2 aromatic carbocycles. The van der Waals surface area contributed by atoms with E-state index in [1.807, 2.05) is 0 Å². The van der Waals surface area contributed by atoms with Crippen molar-refractivity contribution in [3.63, 3.8) is 0 Å². The Hall–Kier alpha value is -1.95. The summed E-state index contributed by atoms with van der Waals surface area (Å²) in [7, 11) is 0. The maximum absolute atomic E-state index is 13.5. The first kappa shape index (κ1) is 16.4. The summed E-state index contributed by atoms with van der Waals surface area (Å²) in [5.41, 5.74) is -0.193. The van der Waals surface area contributed by atoms with E-state index in [4.69, 9.17) is 0 Å². The maximum Gasteiger partial charge on any atom is 0.416 e. The molecular weight excluding hydrogens is 301 g/mol. The number of hydrogen-bond acceptors (Lipinski definition) is 1. The zero-order chi connectivity index (χ0) is 16.3. The van der Waals surface area contributed by atoms with Crippen LogP contribution in [0.25, 0.3) is 0 Å². The third-order valence-electron chi connectivity index (χ3n) is 3.32. The van der Waals surface area contributed by atoms with Crippen molar-refractivity contribution < 1.29 is 22.0 Å². The molecule has 0 spiro atoms. The van der Waals surface area contributed by atoms with Gasteiger partial charge in [0, 0.05) is 18.2 Å². The second kappa shape index (κ2) is 6.44. The molecule has 0 radical (unpaired) electrons. The summed E-state index contributed by atoms with van der Waals surface area (Å²) in [6, 6.07) is 7.54. The molecule has 2 rings (SSSR count). The number of rotatable bonds is 4. The average Bonchev–Trinajstić information content (AvgIpc) is 2.47. The number of nitrogens with one attached hydrogen (secondary N) is 1. The van der Waals surface area contributed by atoms with Gasteiger partial charge in [-0.25, -0.2) is 8.78 Å². The minimum Gasteiger partial charge on any atom is -0.306 e. The van der Waals surface area contributed by atoms with Crippen molar-refractivity contribution in [2.45, 2.75) is 25.7 Å². The van der Waals surface area contributed by atoms with Crippen molar-refractivity contribution in [2.24, 2.45) is 0 Å². The van der Waals surface area contributed by atoms with Crippen LogP contribution in [0.15, 0.2) is 42.5 Å². The molecular formula is C16H14F5N. The predicted molar refractivity (Wildman–Crippen MR) is 73.1 cm³/mol. The van der Waals surface area contributed by atoms with Crippen LogP contribution in [-0.2, 0) is 12.7 Å². The van der Waals surface area contributed by atoms with Crippen molar-refractivity contribution in [3.05, 3.63) is 70.8 Å². The molecule has 0 fully saturated rings. The second-order valence-corrected chi connectivity index (χ2v) is 4.96. The van der Waals surface area contributed by atoms with E-state index in [9.17, 15) is 22.0 Å². The van der Waals surface area contributed by atoms with Gasteiger partial charge in [0.1, 0.15) is 11.6 Å². The van der Waals surface area contributed by atoms with Gasteiger partial charge >= 0.3 is 6.18 Å². The van der Waals surface area contributed by atoms with Gasteiger partial charge in [0.15, 0.2) is 0 Å². The lowest BCUT2D eigenvalue weighted by molar-refractivity contribution is -0.137. The first-order valence-electron chi connectivity index (χ1n) is 6.62. The van der Waals surface area contributed by atoms with Crippen LogP contribution in [0, 0.1) is 11.6 Å². The summed E-state index contributed by atoms with van der Waals surface area (Å²) in [6.07, 6.45) is -4.41. The van der Waals surface area contributed by atoms with Gasteiger partial charge in [-0.3, -0.25) is 0 Å². The average molecular weight is 315 g/mol. The summed E-state index contributed by atoms with van der Waals surface area (Å²) >= 11 is 0. The fourth-order valence-electron chi connectivity index (χ4n) is 2.04. The van der Waals surface area contributed by atoms with Gasteiger partial charge in [0.05, 0.1) is 5.56 Å². The van der Waals surface area contributed by atoms with Crippen LogP contribution in [0.5, 0.6) is 0 Å². The molecule has 0 amide bonds. The number of alkyl halides is 3. The molecule has 1 atom stereocenters. The van der Waals surface area contributed by atoms with Crippen LogP contribution in [0.1, 0.15) is 29.7 Å². The number of hydrogen-bond donors (Lipinski definition) is 1. The van der Waals surface area contributed by atoms with Crippen LogP contribution in [0.2, 0.25) is 0 Å². The summed E-state index contributed by atoms with van der Waals surface area (Å²) in [5.74, 6) is -1.13. The van der Waals surface area contributed by atoms with E-state index in [1.54, 1.807) is 13.0 Å². The lowest BCUT2D eigenvalue weighted by atomic mass is 10.0. The molecule has 0 aromatic heterocycles. The molecule has 0 heterocycles. The number of benzene rings is 2. The highest BCUT2D eigenvalue weighted by atomic mass is 19.4. The summed E-state index contributed by atoms with van der Waals surface area (Å²) in [4.78, 5) is 0. The standard InChI is InChI=1S/C16H14F5N/c1-10(11-3-2-4-13(7-11)16(19,20)21)22-9-12-8-14(17)5-6-15(12)18/h2-8,10,22H,9H2,1H3. The summed E-state index contributed by atoms with van der Waals surface area (Å²) in [5, 5.41) is 2.89. The van der Waals surface area contributed by atoms with Crippen LogP contribution >= 0.6 is 0 Å². The van der Waals surface area contributed by atoms with E-state index in [0.717, 1.165) is 30.3 Å². The Bertz CT molecular complexity index is 651. The van der Waals surface area contributed by atoms with E-state index in [-0.39, 0.29) is 12.1 Å². The molecule has 0 aliphatic carbocycles. The van der Waals surface area contributed by atoms with Crippen LogP contribution < -0.4 is 5.32 Å². The third kappa shape index (κ3) is 4.04. The van der Waals surface area contributed by atoms with Gasteiger partial charge < -0.3 is 5.32 Å². The summed E-state index contributed by atoms with van der Waals surface area (Å²) in [6.45, 7) is 1.67.